The Labute approximate surface area is 216 Å². The minimum atomic E-state index is -0.336. The lowest BCUT2D eigenvalue weighted by molar-refractivity contribution is 0.122. The van der Waals surface area contributed by atoms with Crippen molar-refractivity contribution in [3.8, 4) is 17.1 Å². The Morgan fingerprint density at radius 2 is 1.57 bits per heavy atom. The van der Waals surface area contributed by atoms with Gasteiger partial charge in [0.2, 0.25) is 0 Å². The van der Waals surface area contributed by atoms with Gasteiger partial charge in [0, 0.05) is 50.5 Å². The summed E-state index contributed by atoms with van der Waals surface area (Å²) in [5.74, 6) is 2.90. The molecule has 37 heavy (non-hydrogen) atoms. The van der Waals surface area contributed by atoms with Gasteiger partial charge in [-0.05, 0) is 43.4 Å². The maximum atomic E-state index is 12.5. The number of morpholine rings is 1. The molecule has 2 amide bonds. The van der Waals surface area contributed by atoms with Gasteiger partial charge in [0.05, 0.1) is 38.4 Å². The molecule has 0 bridgehead atoms. The van der Waals surface area contributed by atoms with Crippen LogP contribution in [0.25, 0.3) is 11.4 Å². The molecule has 11 nitrogen and oxygen atoms in total. The summed E-state index contributed by atoms with van der Waals surface area (Å²) < 4.78 is 10.9. The van der Waals surface area contributed by atoms with E-state index in [9.17, 15) is 4.79 Å². The topological polar surface area (TPSA) is 108 Å². The molecule has 0 radical (unpaired) electrons. The van der Waals surface area contributed by atoms with E-state index in [1.54, 1.807) is 19.5 Å². The quantitative estimate of drug-likeness (QED) is 0.524. The number of urea groups is 1. The second-order valence-corrected chi connectivity index (χ2v) is 9.04. The second kappa shape index (κ2) is 11.4. The number of nitrogens with one attached hydrogen (secondary N) is 2. The van der Waals surface area contributed by atoms with Gasteiger partial charge in [0.25, 0.3) is 0 Å². The number of methoxy groups -OCH3 is 1. The lowest BCUT2D eigenvalue weighted by atomic mass is 10.2. The summed E-state index contributed by atoms with van der Waals surface area (Å²) >= 11 is 0. The number of carbonyl (C=O) groups excluding carboxylic acids is 1. The maximum absolute atomic E-state index is 12.5. The van der Waals surface area contributed by atoms with Crippen LogP contribution in [0, 0.1) is 0 Å². The van der Waals surface area contributed by atoms with Crippen LogP contribution in [0.5, 0.6) is 5.75 Å². The molecule has 11 heteroatoms. The first-order valence-electron chi connectivity index (χ1n) is 12.4. The molecule has 5 rings (SSSR count). The molecule has 0 atom stereocenters. The molecule has 3 aromatic rings. The molecular weight excluding hydrogens is 472 g/mol. The van der Waals surface area contributed by atoms with Crippen LogP contribution in [0.2, 0.25) is 0 Å². The molecule has 2 aromatic heterocycles. The summed E-state index contributed by atoms with van der Waals surface area (Å²) in [5, 5.41) is 5.69. The van der Waals surface area contributed by atoms with Crippen LogP contribution in [0.1, 0.15) is 0 Å². The molecule has 0 aliphatic carbocycles. The Morgan fingerprint density at radius 1 is 0.865 bits per heavy atom. The van der Waals surface area contributed by atoms with Crippen molar-refractivity contribution in [3.05, 3.63) is 48.8 Å². The minimum absolute atomic E-state index is 0.336. The van der Waals surface area contributed by atoms with E-state index in [2.05, 4.69) is 42.3 Å². The van der Waals surface area contributed by atoms with Gasteiger partial charge in [-0.1, -0.05) is 0 Å². The third kappa shape index (κ3) is 6.07. The number of amides is 2. The van der Waals surface area contributed by atoms with Gasteiger partial charge in [0.1, 0.15) is 5.82 Å². The number of benzene rings is 1. The van der Waals surface area contributed by atoms with E-state index in [-0.39, 0.29) is 6.03 Å². The smallest absolute Gasteiger partial charge is 0.323 e. The number of pyridine rings is 1. The molecule has 2 saturated heterocycles. The fourth-order valence-corrected chi connectivity index (χ4v) is 4.33. The summed E-state index contributed by atoms with van der Waals surface area (Å²) in [6.07, 6.45) is 3.37. The normalized spacial score (nSPS) is 16.4. The van der Waals surface area contributed by atoms with Gasteiger partial charge in [-0.15, -0.1) is 0 Å². The molecule has 1 aromatic carbocycles. The van der Waals surface area contributed by atoms with Gasteiger partial charge in [-0.25, -0.2) is 19.7 Å². The number of nitrogens with zero attached hydrogens (tertiary/aromatic N) is 6. The third-order valence-electron chi connectivity index (χ3n) is 6.50. The lowest BCUT2D eigenvalue weighted by Gasteiger charge is -2.33. The van der Waals surface area contributed by atoms with Crippen molar-refractivity contribution in [3.63, 3.8) is 0 Å². The Bertz CT molecular complexity index is 1190. The summed E-state index contributed by atoms with van der Waals surface area (Å²) in [7, 11) is 3.74. The summed E-state index contributed by atoms with van der Waals surface area (Å²) in [6.45, 7) is 6.73. The molecule has 2 fully saturated rings. The van der Waals surface area contributed by atoms with Crippen LogP contribution in [0.4, 0.5) is 27.8 Å². The SMILES string of the molecule is COc1cnc(-c2ccc(NC(=O)Nc3ccc(N4CCN(C)CC4)nc3)cc2)nc1N1CCOCC1. The number of piperazine rings is 1. The molecule has 194 valence electrons. The van der Waals surface area contributed by atoms with E-state index in [0.717, 1.165) is 56.5 Å². The Kier molecular flexibility index (Phi) is 7.62. The van der Waals surface area contributed by atoms with E-state index >= 15 is 0 Å². The standard InChI is InChI=1S/C26H32N8O3/c1-32-9-11-33(12-10-32)23-8-7-21(17-27-23)30-26(35)29-20-5-3-19(4-6-20)24-28-18-22(36-2)25(31-24)34-13-15-37-16-14-34/h3-8,17-18H,9-16H2,1-2H3,(H2,29,30,35). The zero-order valence-corrected chi connectivity index (χ0v) is 21.2. The maximum Gasteiger partial charge on any atom is 0.323 e. The highest BCUT2D eigenvalue weighted by molar-refractivity contribution is 5.99. The van der Waals surface area contributed by atoms with Crippen molar-refractivity contribution >= 4 is 29.0 Å². The van der Waals surface area contributed by atoms with Gasteiger partial charge < -0.3 is 34.8 Å². The second-order valence-electron chi connectivity index (χ2n) is 9.04. The van der Waals surface area contributed by atoms with E-state index in [0.29, 0.717) is 36.2 Å². The van der Waals surface area contributed by atoms with E-state index in [1.807, 2.05) is 36.4 Å². The van der Waals surface area contributed by atoms with Crippen LogP contribution in [0.15, 0.2) is 48.8 Å². The van der Waals surface area contributed by atoms with Gasteiger partial charge in [0.15, 0.2) is 17.4 Å². The van der Waals surface area contributed by atoms with E-state index < -0.39 is 0 Å². The Hall–Kier alpha value is -3.96. The number of ether oxygens (including phenoxy) is 2. The Morgan fingerprint density at radius 3 is 2.24 bits per heavy atom. The number of anilines is 4. The highest BCUT2D eigenvalue weighted by Crippen LogP contribution is 2.29. The van der Waals surface area contributed by atoms with Crippen LogP contribution < -0.4 is 25.2 Å². The van der Waals surface area contributed by atoms with Crippen LogP contribution in [-0.2, 0) is 4.74 Å². The van der Waals surface area contributed by atoms with Crippen LogP contribution >= 0.6 is 0 Å². The average molecular weight is 505 g/mol. The van der Waals surface area contributed by atoms with Crippen molar-refractivity contribution < 1.29 is 14.3 Å². The van der Waals surface area contributed by atoms with Gasteiger partial charge in [-0.2, -0.15) is 0 Å². The number of aromatic nitrogens is 3. The van der Waals surface area contributed by atoms with Crippen LogP contribution in [0.3, 0.4) is 0 Å². The summed E-state index contributed by atoms with van der Waals surface area (Å²) in [4.78, 5) is 32.9. The predicted octanol–water partition coefficient (Wildman–Crippen LogP) is 2.78. The monoisotopic (exact) mass is 504 g/mol. The van der Waals surface area contributed by atoms with Crippen molar-refractivity contribution in [2.75, 3.05) is 87.1 Å². The Balaban J connectivity index is 1.19. The molecule has 0 spiro atoms. The molecule has 2 aliphatic rings. The number of rotatable bonds is 6. The predicted molar refractivity (Wildman–Crippen MR) is 144 cm³/mol. The number of hydrogen-bond acceptors (Lipinski definition) is 9. The number of hydrogen-bond donors (Lipinski definition) is 2. The first-order chi connectivity index (χ1) is 18.1. The fraction of sp³-hybridized carbons (Fsp3) is 0.385. The van der Waals surface area contributed by atoms with E-state index in [1.165, 1.54) is 0 Å². The van der Waals surface area contributed by atoms with Crippen molar-refractivity contribution in [2.45, 2.75) is 0 Å². The fourth-order valence-electron chi connectivity index (χ4n) is 4.33. The molecular formula is C26H32N8O3. The number of likely N-dealkylation sites (N-methyl/N-ethyl adjacent to an activating group) is 1. The largest absolute Gasteiger partial charge is 0.491 e. The zero-order chi connectivity index (χ0) is 25.6. The average Bonchev–Trinajstić information content (AvgIpc) is 2.94. The van der Waals surface area contributed by atoms with E-state index in [4.69, 9.17) is 14.5 Å². The highest BCUT2D eigenvalue weighted by atomic mass is 16.5. The summed E-state index contributed by atoms with van der Waals surface area (Å²) in [6, 6.07) is 10.9. The highest BCUT2D eigenvalue weighted by Gasteiger charge is 2.19. The molecule has 2 aliphatic heterocycles. The molecule has 0 unspecified atom stereocenters. The van der Waals surface area contributed by atoms with Crippen LogP contribution in [-0.4, -0.2) is 92.5 Å². The first kappa shape index (κ1) is 24.7. The van der Waals surface area contributed by atoms with Crippen molar-refractivity contribution in [1.29, 1.82) is 0 Å². The molecule has 2 N–H and O–H groups in total. The first-order valence-corrected chi connectivity index (χ1v) is 12.4. The lowest BCUT2D eigenvalue weighted by Crippen LogP contribution is -2.44. The molecule has 0 saturated carbocycles. The van der Waals surface area contributed by atoms with Crippen molar-refractivity contribution in [1.82, 2.24) is 19.9 Å². The van der Waals surface area contributed by atoms with Gasteiger partial charge in [-0.3, -0.25) is 0 Å². The summed E-state index contributed by atoms with van der Waals surface area (Å²) in [5.41, 5.74) is 2.13. The number of carbonyl (C=O) groups is 1. The van der Waals surface area contributed by atoms with Crippen molar-refractivity contribution in [2.24, 2.45) is 0 Å². The minimum Gasteiger partial charge on any atom is -0.491 e. The molecule has 4 heterocycles. The third-order valence-corrected chi connectivity index (χ3v) is 6.50. The zero-order valence-electron chi connectivity index (χ0n) is 21.2. The van der Waals surface area contributed by atoms with Gasteiger partial charge >= 0.3 is 6.03 Å².